The molecule has 94 valence electrons. The first kappa shape index (κ1) is 12.5. The Labute approximate surface area is 107 Å². The van der Waals surface area contributed by atoms with Gasteiger partial charge in [-0.05, 0) is 12.3 Å². The highest BCUT2D eigenvalue weighted by molar-refractivity contribution is 8.14. The van der Waals surface area contributed by atoms with Crippen LogP contribution in [-0.4, -0.2) is 26.7 Å². The SMILES string of the molecule is CC(C)CC1CN=C(NCc2cnn(C)c2)S1. The topological polar surface area (TPSA) is 42.2 Å². The summed E-state index contributed by atoms with van der Waals surface area (Å²) in [4.78, 5) is 4.53. The average molecular weight is 252 g/mol. The zero-order chi connectivity index (χ0) is 12.3. The number of aromatic nitrogens is 2. The molecule has 0 aliphatic carbocycles. The summed E-state index contributed by atoms with van der Waals surface area (Å²) in [5.41, 5.74) is 1.20. The number of nitrogens with one attached hydrogen (secondary N) is 1. The Morgan fingerprint density at radius 1 is 1.59 bits per heavy atom. The second kappa shape index (κ2) is 5.58. The number of nitrogens with zero attached hydrogens (tertiary/aromatic N) is 3. The predicted octanol–water partition coefficient (Wildman–Crippen LogP) is 2.03. The molecule has 17 heavy (non-hydrogen) atoms. The molecule has 1 aromatic rings. The minimum atomic E-state index is 0.659. The summed E-state index contributed by atoms with van der Waals surface area (Å²) in [6.45, 7) is 6.30. The second-order valence-electron chi connectivity index (χ2n) is 4.89. The molecule has 1 aliphatic rings. The molecule has 2 heterocycles. The van der Waals surface area contributed by atoms with Crippen molar-refractivity contribution in [1.29, 1.82) is 0 Å². The molecule has 1 aromatic heterocycles. The first-order chi connectivity index (χ1) is 8.13. The molecule has 0 aromatic carbocycles. The van der Waals surface area contributed by atoms with Gasteiger partial charge in [0.25, 0.3) is 0 Å². The first-order valence-corrected chi connectivity index (χ1v) is 6.94. The highest BCUT2D eigenvalue weighted by Crippen LogP contribution is 2.25. The second-order valence-corrected chi connectivity index (χ2v) is 6.18. The number of aryl methyl sites for hydroxylation is 1. The highest BCUT2D eigenvalue weighted by atomic mass is 32.2. The van der Waals surface area contributed by atoms with Crippen LogP contribution >= 0.6 is 11.8 Å². The maximum absolute atomic E-state index is 4.53. The Kier molecular flexibility index (Phi) is 4.10. The number of thioether (sulfide) groups is 1. The molecule has 0 saturated carbocycles. The van der Waals surface area contributed by atoms with Gasteiger partial charge in [0.05, 0.1) is 12.7 Å². The highest BCUT2D eigenvalue weighted by Gasteiger charge is 2.20. The molecule has 2 rings (SSSR count). The fourth-order valence-electron chi connectivity index (χ4n) is 1.90. The molecule has 0 spiro atoms. The van der Waals surface area contributed by atoms with E-state index in [2.05, 4.69) is 29.3 Å². The maximum atomic E-state index is 4.53. The predicted molar refractivity (Wildman–Crippen MR) is 73.2 cm³/mol. The Bertz CT molecular complexity index is 397. The van der Waals surface area contributed by atoms with Gasteiger partial charge in [0.2, 0.25) is 0 Å². The maximum Gasteiger partial charge on any atom is 0.157 e. The number of hydrogen-bond acceptors (Lipinski definition) is 4. The molecule has 1 atom stereocenters. The molecular formula is C12H20N4S. The Morgan fingerprint density at radius 3 is 3.06 bits per heavy atom. The van der Waals surface area contributed by atoms with Crippen molar-refractivity contribution in [3.05, 3.63) is 18.0 Å². The van der Waals surface area contributed by atoms with Crippen LogP contribution in [0.4, 0.5) is 0 Å². The van der Waals surface area contributed by atoms with E-state index in [1.165, 1.54) is 12.0 Å². The van der Waals surface area contributed by atoms with Gasteiger partial charge >= 0.3 is 0 Å². The van der Waals surface area contributed by atoms with Crippen LogP contribution in [0.3, 0.4) is 0 Å². The Balaban J connectivity index is 1.74. The third-order valence-corrected chi connectivity index (χ3v) is 3.82. The van der Waals surface area contributed by atoms with E-state index >= 15 is 0 Å². The lowest BCUT2D eigenvalue weighted by molar-refractivity contribution is 0.575. The number of aliphatic imine (C=N–C) groups is 1. The van der Waals surface area contributed by atoms with Crippen molar-refractivity contribution in [2.75, 3.05) is 6.54 Å². The summed E-state index contributed by atoms with van der Waals surface area (Å²) in [7, 11) is 1.93. The molecule has 0 amide bonds. The molecular weight excluding hydrogens is 232 g/mol. The van der Waals surface area contributed by atoms with Gasteiger partial charge in [-0.2, -0.15) is 5.10 Å². The Morgan fingerprint density at radius 2 is 2.41 bits per heavy atom. The normalized spacial score (nSPS) is 19.8. The molecule has 1 aliphatic heterocycles. The summed E-state index contributed by atoms with van der Waals surface area (Å²) in [5.74, 6) is 0.750. The van der Waals surface area contributed by atoms with E-state index in [0.717, 1.165) is 24.2 Å². The van der Waals surface area contributed by atoms with Gasteiger partial charge in [0.15, 0.2) is 5.17 Å². The van der Waals surface area contributed by atoms with Gasteiger partial charge in [0.1, 0.15) is 0 Å². The summed E-state index contributed by atoms with van der Waals surface area (Å²) in [6, 6.07) is 0. The first-order valence-electron chi connectivity index (χ1n) is 6.06. The molecule has 1 N–H and O–H groups in total. The fraction of sp³-hybridized carbons (Fsp3) is 0.667. The van der Waals surface area contributed by atoms with Crippen LogP contribution in [0.2, 0.25) is 0 Å². The van der Waals surface area contributed by atoms with Gasteiger partial charge in [0, 0.05) is 30.6 Å². The Hall–Kier alpha value is -0.970. The van der Waals surface area contributed by atoms with E-state index in [0.29, 0.717) is 5.25 Å². The van der Waals surface area contributed by atoms with Crippen molar-refractivity contribution in [3.8, 4) is 0 Å². The average Bonchev–Trinajstić information content (AvgIpc) is 2.84. The molecule has 5 heteroatoms. The van der Waals surface area contributed by atoms with Crippen LogP contribution in [0.25, 0.3) is 0 Å². The van der Waals surface area contributed by atoms with E-state index in [-0.39, 0.29) is 0 Å². The third kappa shape index (κ3) is 3.77. The number of rotatable bonds is 4. The van der Waals surface area contributed by atoms with Crippen molar-refractivity contribution < 1.29 is 0 Å². The van der Waals surface area contributed by atoms with Crippen LogP contribution < -0.4 is 5.32 Å². The molecule has 4 nitrogen and oxygen atoms in total. The zero-order valence-electron chi connectivity index (χ0n) is 10.7. The number of hydrogen-bond donors (Lipinski definition) is 1. The fourth-order valence-corrected chi connectivity index (χ4v) is 3.15. The lowest BCUT2D eigenvalue weighted by Crippen LogP contribution is -2.18. The lowest BCUT2D eigenvalue weighted by Gasteiger charge is -2.10. The van der Waals surface area contributed by atoms with E-state index < -0.39 is 0 Å². The smallest absolute Gasteiger partial charge is 0.157 e. The van der Waals surface area contributed by atoms with Gasteiger partial charge in [-0.15, -0.1) is 0 Å². The van der Waals surface area contributed by atoms with Crippen molar-refractivity contribution >= 4 is 16.9 Å². The van der Waals surface area contributed by atoms with E-state index in [4.69, 9.17) is 0 Å². The van der Waals surface area contributed by atoms with Crippen LogP contribution in [-0.2, 0) is 13.6 Å². The number of amidine groups is 1. The van der Waals surface area contributed by atoms with Crippen molar-refractivity contribution in [2.24, 2.45) is 18.0 Å². The van der Waals surface area contributed by atoms with E-state index in [9.17, 15) is 0 Å². The summed E-state index contributed by atoms with van der Waals surface area (Å²) in [5, 5.41) is 9.26. The van der Waals surface area contributed by atoms with E-state index in [1.54, 1.807) is 0 Å². The van der Waals surface area contributed by atoms with Crippen molar-refractivity contribution in [1.82, 2.24) is 15.1 Å². The minimum absolute atomic E-state index is 0.659. The monoisotopic (exact) mass is 252 g/mol. The molecule has 0 fully saturated rings. The third-order valence-electron chi connectivity index (χ3n) is 2.65. The minimum Gasteiger partial charge on any atom is -0.361 e. The summed E-state index contributed by atoms with van der Waals surface area (Å²) in [6.07, 6.45) is 5.16. The molecule has 0 bridgehead atoms. The van der Waals surface area contributed by atoms with Gasteiger partial charge in [-0.3, -0.25) is 9.67 Å². The molecule has 0 saturated heterocycles. The quantitative estimate of drug-likeness (QED) is 0.891. The van der Waals surface area contributed by atoms with Crippen molar-refractivity contribution in [2.45, 2.75) is 32.1 Å². The largest absolute Gasteiger partial charge is 0.361 e. The van der Waals surface area contributed by atoms with E-state index in [1.807, 2.05) is 35.9 Å². The van der Waals surface area contributed by atoms with Gasteiger partial charge < -0.3 is 5.32 Å². The van der Waals surface area contributed by atoms with Crippen LogP contribution in [0.15, 0.2) is 17.4 Å². The van der Waals surface area contributed by atoms with Crippen LogP contribution in [0.5, 0.6) is 0 Å². The van der Waals surface area contributed by atoms with Crippen LogP contribution in [0.1, 0.15) is 25.8 Å². The summed E-state index contributed by atoms with van der Waals surface area (Å²) >= 11 is 1.88. The van der Waals surface area contributed by atoms with Gasteiger partial charge in [-0.1, -0.05) is 25.6 Å². The summed E-state index contributed by atoms with van der Waals surface area (Å²) < 4.78 is 1.82. The molecule has 0 radical (unpaired) electrons. The van der Waals surface area contributed by atoms with Gasteiger partial charge in [-0.25, -0.2) is 0 Å². The lowest BCUT2D eigenvalue weighted by atomic mass is 10.1. The zero-order valence-corrected chi connectivity index (χ0v) is 11.5. The van der Waals surface area contributed by atoms with Crippen molar-refractivity contribution in [3.63, 3.8) is 0 Å². The standard InChI is InChI=1S/C12H20N4S/c1-9(2)4-11-7-14-12(17-11)13-5-10-6-15-16(3)8-10/h6,8-9,11H,4-5,7H2,1-3H3,(H,13,14). The van der Waals surface area contributed by atoms with Crippen LogP contribution in [0, 0.1) is 5.92 Å². The molecule has 1 unspecified atom stereocenters.